The second-order valence-corrected chi connectivity index (χ2v) is 9.39. The molecule has 154 valence electrons. The number of nitrogens with one attached hydrogen (secondary N) is 1. The molecule has 2 aromatic rings. The van der Waals surface area contributed by atoms with Crippen molar-refractivity contribution in [2.24, 2.45) is 5.92 Å². The van der Waals surface area contributed by atoms with Crippen LogP contribution in [0.1, 0.15) is 29.5 Å². The van der Waals surface area contributed by atoms with Crippen molar-refractivity contribution in [1.29, 1.82) is 0 Å². The van der Waals surface area contributed by atoms with Crippen molar-refractivity contribution in [2.45, 2.75) is 38.5 Å². The van der Waals surface area contributed by atoms with Gasteiger partial charge in [0.15, 0.2) is 0 Å². The number of aromatic nitrogens is 1. The summed E-state index contributed by atoms with van der Waals surface area (Å²) >= 11 is 5.13. The van der Waals surface area contributed by atoms with Gasteiger partial charge in [0.1, 0.15) is 5.82 Å². The quantitative estimate of drug-likeness (QED) is 0.634. The van der Waals surface area contributed by atoms with Crippen molar-refractivity contribution in [2.75, 3.05) is 24.2 Å². The standard InChI is InChI=1S/C22H26BrN3O2S/c1-14-4-7-24-20(10-14)25-22(28)17-5-8-26(9-6-17)21(27)13-29-19-12-15(2)18(23)11-16(19)3/h4,7,10-12,17H,5-6,8-9,13H2,1-3H3,(H,24,25,28). The van der Waals surface area contributed by atoms with Crippen LogP contribution < -0.4 is 5.32 Å². The number of carbonyl (C=O) groups is 2. The molecule has 1 aromatic heterocycles. The molecule has 0 saturated carbocycles. The average molecular weight is 476 g/mol. The molecule has 29 heavy (non-hydrogen) atoms. The normalized spacial score (nSPS) is 14.7. The summed E-state index contributed by atoms with van der Waals surface area (Å²) < 4.78 is 1.09. The summed E-state index contributed by atoms with van der Waals surface area (Å²) in [6.45, 7) is 7.33. The van der Waals surface area contributed by atoms with Gasteiger partial charge < -0.3 is 10.2 Å². The highest BCUT2D eigenvalue weighted by Crippen LogP contribution is 2.29. The highest BCUT2D eigenvalue weighted by atomic mass is 79.9. The average Bonchev–Trinajstić information content (AvgIpc) is 2.69. The maximum absolute atomic E-state index is 12.6. The number of amides is 2. The number of piperidine rings is 1. The molecule has 1 aliphatic heterocycles. The van der Waals surface area contributed by atoms with Crippen molar-refractivity contribution >= 4 is 45.3 Å². The molecular weight excluding hydrogens is 450 g/mol. The summed E-state index contributed by atoms with van der Waals surface area (Å²) in [4.78, 5) is 32.3. The van der Waals surface area contributed by atoms with Gasteiger partial charge in [-0.15, -0.1) is 11.8 Å². The molecule has 0 atom stereocenters. The van der Waals surface area contributed by atoms with Crippen LogP contribution in [0.2, 0.25) is 0 Å². The first-order valence-electron chi connectivity index (χ1n) is 9.74. The molecule has 1 saturated heterocycles. The van der Waals surface area contributed by atoms with Crippen molar-refractivity contribution in [3.63, 3.8) is 0 Å². The van der Waals surface area contributed by atoms with E-state index in [4.69, 9.17) is 0 Å². The Balaban J connectivity index is 1.48. The minimum absolute atomic E-state index is 0.00876. The maximum atomic E-state index is 12.6. The van der Waals surface area contributed by atoms with Gasteiger partial charge in [0.25, 0.3) is 0 Å². The van der Waals surface area contributed by atoms with E-state index in [0.717, 1.165) is 14.9 Å². The van der Waals surface area contributed by atoms with Gasteiger partial charge in [-0.3, -0.25) is 9.59 Å². The van der Waals surface area contributed by atoms with E-state index in [9.17, 15) is 9.59 Å². The van der Waals surface area contributed by atoms with E-state index in [1.807, 2.05) is 24.0 Å². The molecule has 1 fully saturated rings. The number of hydrogen-bond acceptors (Lipinski definition) is 4. The lowest BCUT2D eigenvalue weighted by Crippen LogP contribution is -2.42. The predicted octanol–water partition coefficient (Wildman–Crippen LogP) is 4.74. The zero-order valence-corrected chi connectivity index (χ0v) is 19.4. The molecular formula is C22H26BrN3O2S. The molecule has 3 rings (SSSR count). The molecule has 5 nitrogen and oxygen atoms in total. The summed E-state index contributed by atoms with van der Waals surface area (Å²) in [5, 5.41) is 2.90. The fourth-order valence-corrected chi connectivity index (χ4v) is 4.83. The number of nitrogens with zero attached hydrogens (tertiary/aromatic N) is 2. The van der Waals surface area contributed by atoms with E-state index < -0.39 is 0 Å². The third-order valence-electron chi connectivity index (χ3n) is 5.19. The van der Waals surface area contributed by atoms with Crippen LogP contribution in [0.4, 0.5) is 5.82 Å². The molecule has 1 aromatic carbocycles. The number of rotatable bonds is 5. The van der Waals surface area contributed by atoms with Crippen LogP contribution in [0.5, 0.6) is 0 Å². The first-order chi connectivity index (χ1) is 13.8. The second kappa shape index (κ2) is 9.76. The number of likely N-dealkylation sites (tertiary alicyclic amines) is 1. The Labute approximate surface area is 184 Å². The second-order valence-electron chi connectivity index (χ2n) is 7.52. The van der Waals surface area contributed by atoms with Gasteiger partial charge in [-0.2, -0.15) is 0 Å². The lowest BCUT2D eigenvalue weighted by Gasteiger charge is -2.31. The molecule has 0 unspecified atom stereocenters. The zero-order chi connectivity index (χ0) is 21.0. The summed E-state index contributed by atoms with van der Waals surface area (Å²) in [7, 11) is 0. The van der Waals surface area contributed by atoms with Gasteiger partial charge in [0.2, 0.25) is 11.8 Å². The number of aryl methyl sites for hydroxylation is 3. The molecule has 0 bridgehead atoms. The molecule has 1 aliphatic rings. The smallest absolute Gasteiger partial charge is 0.232 e. The molecule has 0 radical (unpaired) electrons. The van der Waals surface area contributed by atoms with E-state index >= 15 is 0 Å². The predicted molar refractivity (Wildman–Crippen MR) is 121 cm³/mol. The van der Waals surface area contributed by atoms with Crippen molar-refractivity contribution in [1.82, 2.24) is 9.88 Å². The molecule has 1 N–H and O–H groups in total. The number of anilines is 1. The van der Waals surface area contributed by atoms with Crippen LogP contribution in [0.15, 0.2) is 39.8 Å². The third-order valence-corrected chi connectivity index (χ3v) is 7.19. The summed E-state index contributed by atoms with van der Waals surface area (Å²) in [6, 6.07) is 7.97. The lowest BCUT2D eigenvalue weighted by atomic mass is 9.96. The van der Waals surface area contributed by atoms with Gasteiger partial charge in [0, 0.05) is 34.6 Å². The highest BCUT2D eigenvalue weighted by molar-refractivity contribution is 9.10. The van der Waals surface area contributed by atoms with Crippen LogP contribution in [0.3, 0.4) is 0 Å². The van der Waals surface area contributed by atoms with Crippen LogP contribution in [0, 0.1) is 26.7 Å². The van der Waals surface area contributed by atoms with Gasteiger partial charge >= 0.3 is 0 Å². The Bertz CT molecular complexity index is 911. The largest absolute Gasteiger partial charge is 0.342 e. The first kappa shape index (κ1) is 21.8. The minimum Gasteiger partial charge on any atom is -0.342 e. The summed E-state index contributed by atoms with van der Waals surface area (Å²) in [6.07, 6.45) is 3.06. The van der Waals surface area contributed by atoms with Crippen LogP contribution in [-0.2, 0) is 9.59 Å². The van der Waals surface area contributed by atoms with Crippen molar-refractivity contribution in [3.05, 3.63) is 51.6 Å². The molecule has 2 heterocycles. The fraction of sp³-hybridized carbons (Fsp3) is 0.409. The Morgan fingerprint density at radius 1 is 1.17 bits per heavy atom. The first-order valence-corrected chi connectivity index (χ1v) is 11.5. The third kappa shape index (κ3) is 5.82. The zero-order valence-electron chi connectivity index (χ0n) is 17.0. The Morgan fingerprint density at radius 3 is 2.59 bits per heavy atom. The van der Waals surface area contributed by atoms with Crippen LogP contribution >= 0.6 is 27.7 Å². The number of thioether (sulfide) groups is 1. The topological polar surface area (TPSA) is 62.3 Å². The number of carbonyl (C=O) groups excluding carboxylic acids is 2. The van der Waals surface area contributed by atoms with Crippen molar-refractivity contribution in [3.8, 4) is 0 Å². The van der Waals surface area contributed by atoms with Crippen LogP contribution in [-0.4, -0.2) is 40.5 Å². The van der Waals surface area contributed by atoms with Gasteiger partial charge in [-0.05, 0) is 74.6 Å². The summed E-state index contributed by atoms with van der Waals surface area (Å²) in [5.41, 5.74) is 3.39. The lowest BCUT2D eigenvalue weighted by molar-refractivity contribution is -0.132. The Morgan fingerprint density at radius 2 is 1.90 bits per heavy atom. The minimum atomic E-state index is -0.0783. The Hall–Kier alpha value is -1.86. The molecule has 7 heteroatoms. The monoisotopic (exact) mass is 475 g/mol. The highest BCUT2D eigenvalue weighted by Gasteiger charge is 2.27. The van der Waals surface area contributed by atoms with E-state index in [2.05, 4.69) is 52.2 Å². The van der Waals surface area contributed by atoms with Crippen LogP contribution in [0.25, 0.3) is 0 Å². The Kier molecular flexibility index (Phi) is 7.35. The SMILES string of the molecule is Cc1ccnc(NC(=O)C2CCN(C(=O)CSc3cc(C)c(Br)cc3C)CC2)c1. The van der Waals surface area contributed by atoms with Gasteiger partial charge in [0.05, 0.1) is 5.75 Å². The molecule has 0 aliphatic carbocycles. The molecule has 0 spiro atoms. The summed E-state index contributed by atoms with van der Waals surface area (Å²) in [5.74, 6) is 1.06. The number of pyridine rings is 1. The number of benzene rings is 1. The van der Waals surface area contributed by atoms with E-state index in [1.165, 1.54) is 11.1 Å². The van der Waals surface area contributed by atoms with E-state index in [0.29, 0.717) is 37.5 Å². The fourth-order valence-electron chi connectivity index (χ4n) is 3.36. The molecule has 2 amide bonds. The number of hydrogen-bond donors (Lipinski definition) is 1. The van der Waals surface area contributed by atoms with E-state index in [1.54, 1.807) is 18.0 Å². The van der Waals surface area contributed by atoms with Gasteiger partial charge in [-0.1, -0.05) is 15.9 Å². The van der Waals surface area contributed by atoms with E-state index in [-0.39, 0.29) is 17.7 Å². The van der Waals surface area contributed by atoms with Gasteiger partial charge in [-0.25, -0.2) is 4.98 Å². The number of halogens is 1. The maximum Gasteiger partial charge on any atom is 0.232 e. The van der Waals surface area contributed by atoms with Crippen molar-refractivity contribution < 1.29 is 9.59 Å².